The largest absolute Gasteiger partial charge is 0.382 e. The topological polar surface area (TPSA) is 75.7 Å². The highest BCUT2D eigenvalue weighted by atomic mass is 14.9. The van der Waals surface area contributed by atoms with E-state index in [-0.39, 0.29) is 5.84 Å². The Morgan fingerprint density at radius 3 is 2.42 bits per heavy atom. The van der Waals surface area contributed by atoms with Crippen LogP contribution in [0.3, 0.4) is 0 Å². The third kappa shape index (κ3) is 1.78. The summed E-state index contributed by atoms with van der Waals surface area (Å²) in [6.07, 6.45) is 3.18. The van der Waals surface area contributed by atoms with Crippen LogP contribution in [0, 0.1) is 5.41 Å². The Labute approximate surface area is 71.4 Å². The lowest BCUT2D eigenvalue weighted by Gasteiger charge is -2.03. The van der Waals surface area contributed by atoms with E-state index in [9.17, 15) is 0 Å². The van der Waals surface area contributed by atoms with E-state index in [0.29, 0.717) is 11.6 Å². The van der Waals surface area contributed by atoms with E-state index in [1.807, 2.05) is 13.8 Å². The number of hydrogen-bond acceptors (Lipinski definition) is 3. The summed E-state index contributed by atoms with van der Waals surface area (Å²) in [5, 5.41) is 7.09. The summed E-state index contributed by atoms with van der Waals surface area (Å²) in [5.74, 6) is 0.316. The molecule has 1 aromatic rings. The van der Waals surface area contributed by atoms with Gasteiger partial charge in [-0.2, -0.15) is 0 Å². The number of hydrogen-bond donors (Lipinski definition) is 2. The van der Waals surface area contributed by atoms with Gasteiger partial charge >= 0.3 is 0 Å². The first-order valence-corrected chi connectivity index (χ1v) is 3.77. The van der Waals surface area contributed by atoms with Crippen LogP contribution in [-0.4, -0.2) is 15.8 Å². The smallest absolute Gasteiger partial charge is 0.143 e. The fourth-order valence-electron chi connectivity index (χ4n) is 0.775. The Morgan fingerprint density at radius 1 is 1.42 bits per heavy atom. The van der Waals surface area contributed by atoms with Gasteiger partial charge in [0, 0.05) is 6.20 Å². The average molecular weight is 164 g/mol. The van der Waals surface area contributed by atoms with Crippen molar-refractivity contribution in [2.75, 3.05) is 0 Å². The molecule has 0 saturated carbocycles. The van der Waals surface area contributed by atoms with Gasteiger partial charge in [-0.1, -0.05) is 13.8 Å². The number of nitrogens with one attached hydrogen (secondary N) is 1. The predicted octanol–water partition coefficient (Wildman–Crippen LogP) is 0.884. The van der Waals surface area contributed by atoms with Gasteiger partial charge in [-0.25, -0.2) is 4.98 Å². The van der Waals surface area contributed by atoms with Crippen molar-refractivity contribution in [3.8, 4) is 0 Å². The summed E-state index contributed by atoms with van der Waals surface area (Å²) in [6, 6.07) is 0. The summed E-state index contributed by atoms with van der Waals surface area (Å²) in [7, 11) is 0. The van der Waals surface area contributed by atoms with E-state index in [2.05, 4.69) is 9.97 Å². The molecular formula is C8H12N4. The van der Waals surface area contributed by atoms with Gasteiger partial charge in [0.05, 0.1) is 11.9 Å². The molecule has 1 heterocycles. The Hall–Kier alpha value is -1.45. The minimum atomic E-state index is -0.0437. The SMILES string of the molecule is CC(C)c1cnc(C(=N)N)cn1. The van der Waals surface area contributed by atoms with Crippen LogP contribution in [0.5, 0.6) is 0 Å². The lowest BCUT2D eigenvalue weighted by molar-refractivity contribution is 0.810. The summed E-state index contributed by atoms with van der Waals surface area (Å²) >= 11 is 0. The molecule has 64 valence electrons. The molecule has 0 saturated heterocycles. The van der Waals surface area contributed by atoms with E-state index in [1.54, 1.807) is 6.20 Å². The average Bonchev–Trinajstić information content (AvgIpc) is 2.04. The third-order valence-electron chi connectivity index (χ3n) is 1.54. The molecule has 0 fully saturated rings. The number of rotatable bonds is 2. The summed E-state index contributed by atoms with van der Waals surface area (Å²) < 4.78 is 0. The Kier molecular flexibility index (Phi) is 2.38. The molecule has 0 radical (unpaired) electrons. The number of amidine groups is 1. The predicted molar refractivity (Wildman–Crippen MR) is 47.1 cm³/mol. The summed E-state index contributed by atoms with van der Waals surface area (Å²) in [6.45, 7) is 4.08. The van der Waals surface area contributed by atoms with Crippen molar-refractivity contribution >= 4 is 5.84 Å². The Bertz CT molecular complexity index is 276. The summed E-state index contributed by atoms with van der Waals surface area (Å²) in [5.41, 5.74) is 6.57. The molecule has 0 aromatic carbocycles. The molecule has 0 aliphatic rings. The molecule has 3 N–H and O–H groups in total. The van der Waals surface area contributed by atoms with Crippen LogP contribution in [0.2, 0.25) is 0 Å². The van der Waals surface area contributed by atoms with Gasteiger partial charge in [-0.05, 0) is 5.92 Å². The second kappa shape index (κ2) is 3.30. The van der Waals surface area contributed by atoms with Gasteiger partial charge in [0.1, 0.15) is 11.5 Å². The fourth-order valence-corrected chi connectivity index (χ4v) is 0.775. The zero-order chi connectivity index (χ0) is 9.14. The minimum Gasteiger partial charge on any atom is -0.382 e. The molecule has 0 aliphatic heterocycles. The lowest BCUT2D eigenvalue weighted by Crippen LogP contribution is -2.13. The Balaban J connectivity index is 2.93. The first-order valence-electron chi connectivity index (χ1n) is 3.77. The van der Waals surface area contributed by atoms with Gasteiger partial charge < -0.3 is 5.73 Å². The van der Waals surface area contributed by atoms with E-state index in [4.69, 9.17) is 11.1 Å². The molecule has 0 amide bonds. The molecule has 0 spiro atoms. The molecule has 1 rings (SSSR count). The van der Waals surface area contributed by atoms with Crippen molar-refractivity contribution in [3.63, 3.8) is 0 Å². The first-order chi connectivity index (χ1) is 5.61. The van der Waals surface area contributed by atoms with Crippen LogP contribution in [0.1, 0.15) is 31.2 Å². The quantitative estimate of drug-likeness (QED) is 0.503. The number of nitrogens with zero attached hydrogens (tertiary/aromatic N) is 2. The van der Waals surface area contributed by atoms with Crippen LogP contribution in [-0.2, 0) is 0 Å². The number of nitrogens with two attached hydrogens (primary N) is 1. The van der Waals surface area contributed by atoms with Gasteiger partial charge in [0.25, 0.3) is 0 Å². The third-order valence-corrected chi connectivity index (χ3v) is 1.54. The van der Waals surface area contributed by atoms with Crippen LogP contribution in [0.25, 0.3) is 0 Å². The van der Waals surface area contributed by atoms with Crippen molar-refractivity contribution < 1.29 is 0 Å². The van der Waals surface area contributed by atoms with E-state index in [0.717, 1.165) is 5.69 Å². The highest BCUT2D eigenvalue weighted by Crippen LogP contribution is 2.08. The molecule has 0 unspecified atom stereocenters. The van der Waals surface area contributed by atoms with Gasteiger partial charge in [0.2, 0.25) is 0 Å². The van der Waals surface area contributed by atoms with Crippen molar-refractivity contribution in [1.29, 1.82) is 5.41 Å². The molecule has 0 bridgehead atoms. The molecule has 1 aromatic heterocycles. The minimum absolute atomic E-state index is 0.0437. The maximum atomic E-state index is 7.09. The van der Waals surface area contributed by atoms with Crippen molar-refractivity contribution in [2.45, 2.75) is 19.8 Å². The van der Waals surface area contributed by atoms with Crippen LogP contribution >= 0.6 is 0 Å². The molecule has 0 aliphatic carbocycles. The van der Waals surface area contributed by atoms with Crippen molar-refractivity contribution in [3.05, 3.63) is 23.8 Å². The number of aromatic nitrogens is 2. The second-order valence-electron chi connectivity index (χ2n) is 2.89. The molecule has 4 heteroatoms. The van der Waals surface area contributed by atoms with E-state index >= 15 is 0 Å². The zero-order valence-electron chi connectivity index (χ0n) is 7.20. The molecular weight excluding hydrogens is 152 g/mol. The highest BCUT2D eigenvalue weighted by molar-refractivity contribution is 5.92. The number of nitrogen functional groups attached to an aromatic ring is 1. The first kappa shape index (κ1) is 8.64. The molecule has 4 nitrogen and oxygen atoms in total. The van der Waals surface area contributed by atoms with E-state index in [1.165, 1.54) is 6.20 Å². The van der Waals surface area contributed by atoms with Crippen molar-refractivity contribution in [1.82, 2.24) is 9.97 Å². The van der Waals surface area contributed by atoms with Crippen LogP contribution in [0.15, 0.2) is 12.4 Å². The maximum Gasteiger partial charge on any atom is 0.143 e. The fraction of sp³-hybridized carbons (Fsp3) is 0.375. The molecule has 12 heavy (non-hydrogen) atoms. The maximum absolute atomic E-state index is 7.09. The monoisotopic (exact) mass is 164 g/mol. The summed E-state index contributed by atoms with van der Waals surface area (Å²) in [4.78, 5) is 8.10. The van der Waals surface area contributed by atoms with Gasteiger partial charge in [0.15, 0.2) is 0 Å². The van der Waals surface area contributed by atoms with E-state index < -0.39 is 0 Å². The Morgan fingerprint density at radius 2 is 2.08 bits per heavy atom. The normalized spacial score (nSPS) is 10.2. The van der Waals surface area contributed by atoms with Crippen molar-refractivity contribution in [2.24, 2.45) is 5.73 Å². The van der Waals surface area contributed by atoms with Gasteiger partial charge in [-0.3, -0.25) is 10.4 Å². The second-order valence-corrected chi connectivity index (χ2v) is 2.89. The lowest BCUT2D eigenvalue weighted by atomic mass is 10.1. The highest BCUT2D eigenvalue weighted by Gasteiger charge is 2.02. The van der Waals surface area contributed by atoms with Crippen LogP contribution < -0.4 is 5.73 Å². The molecule has 0 atom stereocenters. The van der Waals surface area contributed by atoms with Gasteiger partial charge in [-0.15, -0.1) is 0 Å². The zero-order valence-corrected chi connectivity index (χ0v) is 7.20. The van der Waals surface area contributed by atoms with Crippen LogP contribution in [0.4, 0.5) is 0 Å². The standard InChI is InChI=1S/C8H12N4/c1-5(2)6-3-12-7(4-11-6)8(9)10/h3-5H,1-2H3,(H3,9,10).